The lowest BCUT2D eigenvalue weighted by atomic mass is 9.86. The normalized spacial score (nSPS) is 9.58. The van der Waals surface area contributed by atoms with Crippen LogP contribution in [0.15, 0.2) is 18.3 Å². The zero-order valence-corrected chi connectivity index (χ0v) is 6.14. The Labute approximate surface area is 68.8 Å². The van der Waals surface area contributed by atoms with Crippen LogP contribution in [-0.2, 0) is 0 Å². The summed E-state index contributed by atoms with van der Waals surface area (Å²) < 4.78 is 16.0. The van der Waals surface area contributed by atoms with Crippen LogP contribution in [0.4, 0.5) is 4.39 Å². The molecule has 0 aliphatic carbocycles. The number of alkyl halides is 1. The highest BCUT2D eigenvalue weighted by Crippen LogP contribution is 2.04. The van der Waals surface area contributed by atoms with Gasteiger partial charge >= 0.3 is 7.12 Å². The molecule has 12 heavy (non-hydrogen) atoms. The third kappa shape index (κ3) is 2.18. The second-order valence-electron chi connectivity index (χ2n) is 2.05. The molecule has 1 rings (SSSR count). The smallest absolute Gasteiger partial charge is 0.461 e. The van der Waals surface area contributed by atoms with E-state index in [2.05, 4.69) is 9.72 Å². The molecule has 0 aromatic carbocycles. The Kier molecular flexibility index (Phi) is 3.01. The van der Waals surface area contributed by atoms with Gasteiger partial charge in [0.25, 0.3) is 0 Å². The molecule has 4 nitrogen and oxygen atoms in total. The lowest BCUT2D eigenvalue weighted by Crippen LogP contribution is -2.32. The molecule has 0 spiro atoms. The van der Waals surface area contributed by atoms with Crippen molar-refractivity contribution in [1.29, 1.82) is 0 Å². The van der Waals surface area contributed by atoms with E-state index in [-0.39, 0.29) is 11.3 Å². The average molecular weight is 171 g/mol. The minimum Gasteiger partial charge on any atom is -0.461 e. The first-order valence-electron chi connectivity index (χ1n) is 3.25. The minimum absolute atomic E-state index is 0.0983. The lowest BCUT2D eigenvalue weighted by Gasteiger charge is -2.01. The fraction of sp³-hybridized carbons (Fsp3) is 0.167. The standard InChI is InChI=1S/C6H7BFNO3/c8-4-12-5-1-2-6(7(10)11)9-3-5/h1-3,10-11H,4H2. The summed E-state index contributed by atoms with van der Waals surface area (Å²) in [6, 6.07) is 2.75. The zero-order valence-electron chi connectivity index (χ0n) is 6.14. The Bertz CT molecular complexity index is 241. The Morgan fingerprint density at radius 2 is 2.25 bits per heavy atom. The summed E-state index contributed by atoms with van der Waals surface area (Å²) in [7, 11) is -1.61. The molecule has 0 unspecified atom stereocenters. The summed E-state index contributed by atoms with van der Waals surface area (Å²) in [5, 5.41) is 17.2. The number of halogens is 1. The predicted molar refractivity (Wildman–Crippen MR) is 40.7 cm³/mol. The number of pyridine rings is 1. The van der Waals surface area contributed by atoms with Gasteiger partial charge in [-0.05, 0) is 12.1 Å². The summed E-state index contributed by atoms with van der Waals surface area (Å²) >= 11 is 0. The van der Waals surface area contributed by atoms with Gasteiger partial charge in [0, 0.05) is 0 Å². The molecule has 0 aliphatic heterocycles. The number of hydrogen-bond acceptors (Lipinski definition) is 4. The van der Waals surface area contributed by atoms with E-state index in [9.17, 15) is 4.39 Å². The third-order valence-electron chi connectivity index (χ3n) is 1.24. The predicted octanol–water partition coefficient (Wildman–Crippen LogP) is -0.933. The first kappa shape index (κ1) is 8.96. The molecule has 1 aromatic heterocycles. The van der Waals surface area contributed by atoms with Crippen molar-refractivity contribution in [1.82, 2.24) is 4.98 Å². The maximum Gasteiger partial charge on any atom is 0.508 e. The molecule has 0 fully saturated rings. The monoisotopic (exact) mass is 171 g/mol. The van der Waals surface area contributed by atoms with E-state index in [1.165, 1.54) is 18.3 Å². The van der Waals surface area contributed by atoms with Crippen molar-refractivity contribution in [2.75, 3.05) is 6.86 Å². The molecule has 6 heteroatoms. The van der Waals surface area contributed by atoms with Crippen molar-refractivity contribution in [3.63, 3.8) is 0 Å². The molecule has 1 heterocycles. The van der Waals surface area contributed by atoms with Gasteiger partial charge in [0.1, 0.15) is 5.75 Å². The second-order valence-corrected chi connectivity index (χ2v) is 2.05. The maximum absolute atomic E-state index is 11.6. The van der Waals surface area contributed by atoms with Crippen LogP contribution in [0.5, 0.6) is 5.75 Å². The zero-order chi connectivity index (χ0) is 8.97. The third-order valence-corrected chi connectivity index (χ3v) is 1.24. The molecule has 0 atom stereocenters. The van der Waals surface area contributed by atoms with E-state index >= 15 is 0 Å². The molecule has 1 aromatic rings. The Morgan fingerprint density at radius 1 is 1.50 bits per heavy atom. The van der Waals surface area contributed by atoms with Gasteiger partial charge in [0.2, 0.25) is 6.86 Å². The van der Waals surface area contributed by atoms with Crippen LogP contribution < -0.4 is 10.3 Å². The van der Waals surface area contributed by atoms with Crippen LogP contribution >= 0.6 is 0 Å². The molecule has 0 amide bonds. The quantitative estimate of drug-likeness (QED) is 0.576. The number of ether oxygens (including phenoxy) is 1. The highest BCUT2D eigenvalue weighted by molar-refractivity contribution is 6.57. The van der Waals surface area contributed by atoms with E-state index < -0.39 is 14.0 Å². The molecular weight excluding hydrogens is 164 g/mol. The van der Waals surface area contributed by atoms with E-state index in [4.69, 9.17) is 10.0 Å². The van der Waals surface area contributed by atoms with Crippen LogP contribution in [0.2, 0.25) is 0 Å². The summed E-state index contributed by atoms with van der Waals surface area (Å²) in [6.07, 6.45) is 1.22. The van der Waals surface area contributed by atoms with Crippen molar-refractivity contribution in [3.05, 3.63) is 18.3 Å². The SMILES string of the molecule is OB(O)c1ccc(OCF)cn1. The average Bonchev–Trinajstić information content (AvgIpc) is 2.06. The van der Waals surface area contributed by atoms with Crippen LogP contribution in [0.25, 0.3) is 0 Å². The van der Waals surface area contributed by atoms with Crippen molar-refractivity contribution in [2.45, 2.75) is 0 Å². The van der Waals surface area contributed by atoms with Gasteiger partial charge in [0.05, 0.1) is 11.8 Å². The van der Waals surface area contributed by atoms with Crippen LogP contribution in [0, 0.1) is 0 Å². The molecule has 64 valence electrons. The van der Waals surface area contributed by atoms with E-state index in [1.54, 1.807) is 0 Å². The fourth-order valence-corrected chi connectivity index (χ4v) is 0.693. The van der Waals surface area contributed by atoms with Crippen LogP contribution in [0.1, 0.15) is 0 Å². The van der Waals surface area contributed by atoms with Gasteiger partial charge in [-0.2, -0.15) is 0 Å². The Balaban J connectivity index is 2.71. The van der Waals surface area contributed by atoms with Crippen molar-refractivity contribution in [3.8, 4) is 5.75 Å². The molecule has 0 aliphatic rings. The lowest BCUT2D eigenvalue weighted by molar-refractivity contribution is 0.191. The van der Waals surface area contributed by atoms with E-state index in [1.807, 2.05) is 0 Å². The first-order valence-corrected chi connectivity index (χ1v) is 3.25. The summed E-state index contributed by atoms with van der Waals surface area (Å²) in [4.78, 5) is 3.61. The molecule has 0 saturated carbocycles. The van der Waals surface area contributed by atoms with Crippen molar-refractivity contribution in [2.24, 2.45) is 0 Å². The summed E-state index contributed by atoms with van der Waals surface area (Å²) in [5.41, 5.74) is 0.0983. The first-order chi connectivity index (χ1) is 5.74. The summed E-state index contributed by atoms with van der Waals surface area (Å²) in [6.45, 7) is -0.928. The number of aromatic nitrogens is 1. The molecule has 0 radical (unpaired) electrons. The highest BCUT2D eigenvalue weighted by Gasteiger charge is 2.11. The maximum atomic E-state index is 11.6. The van der Waals surface area contributed by atoms with E-state index in [0.717, 1.165) is 0 Å². The van der Waals surface area contributed by atoms with Gasteiger partial charge < -0.3 is 14.8 Å². The van der Waals surface area contributed by atoms with E-state index in [0.29, 0.717) is 0 Å². The molecule has 0 bridgehead atoms. The van der Waals surface area contributed by atoms with Crippen LogP contribution in [-0.4, -0.2) is 29.0 Å². The second kappa shape index (κ2) is 4.03. The number of hydrogen-bond donors (Lipinski definition) is 2. The topological polar surface area (TPSA) is 62.6 Å². The van der Waals surface area contributed by atoms with Gasteiger partial charge in [-0.15, -0.1) is 0 Å². The van der Waals surface area contributed by atoms with Crippen LogP contribution in [0.3, 0.4) is 0 Å². The Morgan fingerprint density at radius 3 is 2.67 bits per heavy atom. The highest BCUT2D eigenvalue weighted by atomic mass is 19.1. The van der Waals surface area contributed by atoms with Gasteiger partial charge in [-0.25, -0.2) is 4.39 Å². The largest absolute Gasteiger partial charge is 0.508 e. The molecule has 2 N–H and O–H groups in total. The van der Waals surface area contributed by atoms with Gasteiger partial charge in [-0.3, -0.25) is 4.98 Å². The fourth-order valence-electron chi connectivity index (χ4n) is 0.693. The minimum atomic E-state index is -1.61. The van der Waals surface area contributed by atoms with Gasteiger partial charge in [0.15, 0.2) is 0 Å². The van der Waals surface area contributed by atoms with Gasteiger partial charge in [-0.1, -0.05) is 0 Å². The van der Waals surface area contributed by atoms with Crippen molar-refractivity contribution < 1.29 is 19.2 Å². The number of rotatable bonds is 3. The summed E-state index contributed by atoms with van der Waals surface area (Å²) in [5.74, 6) is 0.252. The molecule has 0 saturated heterocycles. The van der Waals surface area contributed by atoms with Crippen molar-refractivity contribution >= 4 is 12.7 Å². The molecular formula is C6H7BFNO3. The Hall–Kier alpha value is -1.14. The number of nitrogens with zero attached hydrogens (tertiary/aromatic N) is 1.